The van der Waals surface area contributed by atoms with Crippen molar-refractivity contribution >= 4 is 11.7 Å². The molecule has 2 aromatic rings. The number of carbonyl (C=O) groups excluding carboxylic acids is 1. The molecule has 2 N–H and O–H groups in total. The van der Waals surface area contributed by atoms with Crippen LogP contribution in [0, 0.1) is 13.8 Å². The van der Waals surface area contributed by atoms with Crippen molar-refractivity contribution in [3.63, 3.8) is 0 Å². The maximum Gasteiger partial charge on any atom is 0.319 e. The first-order chi connectivity index (χ1) is 11.1. The molecule has 2 heterocycles. The molecule has 0 spiro atoms. The number of rotatable bonds is 4. The molecule has 0 fully saturated rings. The number of urea groups is 1. The molecule has 0 saturated carbocycles. The summed E-state index contributed by atoms with van der Waals surface area (Å²) < 4.78 is 7.36. The summed E-state index contributed by atoms with van der Waals surface area (Å²) in [5.74, 6) is 0. The van der Waals surface area contributed by atoms with Crippen molar-refractivity contribution < 1.29 is 9.53 Å². The molecular formula is C17H22N4O2. The highest BCUT2D eigenvalue weighted by Gasteiger charge is 2.15. The molecule has 1 aliphatic rings. The predicted molar refractivity (Wildman–Crippen MR) is 88.5 cm³/mol. The largest absolute Gasteiger partial charge is 0.376 e. The first kappa shape index (κ1) is 15.6. The number of amides is 2. The van der Waals surface area contributed by atoms with Crippen molar-refractivity contribution in [3.05, 3.63) is 46.8 Å². The van der Waals surface area contributed by atoms with E-state index < -0.39 is 0 Å². The van der Waals surface area contributed by atoms with E-state index in [1.807, 2.05) is 36.0 Å². The molecule has 0 saturated heterocycles. The molecule has 1 aliphatic heterocycles. The van der Waals surface area contributed by atoms with Gasteiger partial charge in [-0.1, -0.05) is 6.07 Å². The molecule has 0 radical (unpaired) electrons. The monoisotopic (exact) mass is 314 g/mol. The summed E-state index contributed by atoms with van der Waals surface area (Å²) >= 11 is 0. The van der Waals surface area contributed by atoms with E-state index in [0.29, 0.717) is 19.7 Å². The van der Waals surface area contributed by atoms with Crippen LogP contribution < -0.4 is 10.6 Å². The summed E-state index contributed by atoms with van der Waals surface area (Å²) in [5.41, 5.74) is 5.54. The average molecular weight is 314 g/mol. The number of anilines is 1. The molecule has 23 heavy (non-hydrogen) atoms. The zero-order valence-corrected chi connectivity index (χ0v) is 13.6. The Hall–Kier alpha value is -2.34. The Morgan fingerprint density at radius 2 is 2.22 bits per heavy atom. The molecule has 6 nitrogen and oxygen atoms in total. The SMILES string of the molecule is Cc1ccc(NC(=O)NCCn2ncc3c2CCOC3)cc1C. The third-order valence-electron chi connectivity index (χ3n) is 4.15. The Morgan fingerprint density at radius 1 is 1.35 bits per heavy atom. The Bertz CT molecular complexity index is 709. The van der Waals surface area contributed by atoms with Crippen LogP contribution in [0.25, 0.3) is 0 Å². The Balaban J connectivity index is 1.49. The van der Waals surface area contributed by atoms with Crippen molar-refractivity contribution in [2.24, 2.45) is 0 Å². The summed E-state index contributed by atoms with van der Waals surface area (Å²) in [4.78, 5) is 12.0. The number of aryl methyl sites for hydroxylation is 2. The van der Waals surface area contributed by atoms with Gasteiger partial charge in [-0.05, 0) is 37.1 Å². The van der Waals surface area contributed by atoms with Gasteiger partial charge in [-0.3, -0.25) is 4.68 Å². The fourth-order valence-electron chi connectivity index (χ4n) is 2.67. The van der Waals surface area contributed by atoms with Gasteiger partial charge in [0.1, 0.15) is 0 Å². The molecule has 2 amide bonds. The van der Waals surface area contributed by atoms with Gasteiger partial charge in [0.05, 0.1) is 26.0 Å². The van der Waals surface area contributed by atoms with Gasteiger partial charge in [0.25, 0.3) is 0 Å². The molecule has 0 aliphatic carbocycles. The highest BCUT2D eigenvalue weighted by Crippen LogP contribution is 2.16. The van der Waals surface area contributed by atoms with E-state index in [1.165, 1.54) is 11.3 Å². The van der Waals surface area contributed by atoms with Gasteiger partial charge in [-0.2, -0.15) is 5.10 Å². The van der Waals surface area contributed by atoms with E-state index in [9.17, 15) is 4.79 Å². The molecule has 0 unspecified atom stereocenters. The van der Waals surface area contributed by atoms with Crippen molar-refractivity contribution in [2.45, 2.75) is 33.4 Å². The second-order valence-corrected chi connectivity index (χ2v) is 5.82. The number of nitrogens with zero attached hydrogens (tertiary/aromatic N) is 2. The van der Waals surface area contributed by atoms with Crippen LogP contribution in [0.4, 0.5) is 10.5 Å². The van der Waals surface area contributed by atoms with Crippen LogP contribution >= 0.6 is 0 Å². The van der Waals surface area contributed by atoms with Gasteiger partial charge < -0.3 is 15.4 Å². The third-order valence-corrected chi connectivity index (χ3v) is 4.15. The van der Waals surface area contributed by atoms with E-state index in [-0.39, 0.29) is 6.03 Å². The fraction of sp³-hybridized carbons (Fsp3) is 0.412. The van der Waals surface area contributed by atoms with E-state index in [4.69, 9.17) is 4.74 Å². The molecule has 122 valence electrons. The van der Waals surface area contributed by atoms with Gasteiger partial charge in [-0.25, -0.2) is 4.79 Å². The molecule has 1 aromatic heterocycles. The minimum Gasteiger partial charge on any atom is -0.376 e. The molecular weight excluding hydrogens is 292 g/mol. The lowest BCUT2D eigenvalue weighted by atomic mass is 10.1. The number of fused-ring (bicyclic) bond motifs is 1. The lowest BCUT2D eigenvalue weighted by Gasteiger charge is -2.15. The molecule has 3 rings (SSSR count). The lowest BCUT2D eigenvalue weighted by molar-refractivity contribution is 0.109. The van der Waals surface area contributed by atoms with Crippen molar-refractivity contribution in [2.75, 3.05) is 18.5 Å². The smallest absolute Gasteiger partial charge is 0.319 e. The summed E-state index contributed by atoms with van der Waals surface area (Å²) in [6.07, 6.45) is 2.73. The van der Waals surface area contributed by atoms with Crippen molar-refractivity contribution in [3.8, 4) is 0 Å². The molecule has 0 bridgehead atoms. The lowest BCUT2D eigenvalue weighted by Crippen LogP contribution is -2.32. The number of hydrogen-bond acceptors (Lipinski definition) is 3. The Labute approximate surface area is 135 Å². The first-order valence-electron chi connectivity index (χ1n) is 7.87. The number of hydrogen-bond donors (Lipinski definition) is 2. The quantitative estimate of drug-likeness (QED) is 0.910. The van der Waals surface area contributed by atoms with Crippen LogP contribution in [0.15, 0.2) is 24.4 Å². The zero-order valence-electron chi connectivity index (χ0n) is 13.6. The van der Waals surface area contributed by atoms with E-state index >= 15 is 0 Å². The van der Waals surface area contributed by atoms with Crippen LogP contribution in [0.3, 0.4) is 0 Å². The summed E-state index contributed by atoms with van der Waals surface area (Å²) in [5, 5.41) is 10.1. The number of benzene rings is 1. The predicted octanol–water partition coefficient (Wildman–Crippen LogP) is 2.39. The summed E-state index contributed by atoms with van der Waals surface area (Å²) in [6, 6.07) is 5.69. The van der Waals surface area contributed by atoms with Crippen LogP contribution in [0.2, 0.25) is 0 Å². The number of carbonyl (C=O) groups is 1. The average Bonchev–Trinajstić information content (AvgIpc) is 2.94. The topological polar surface area (TPSA) is 68.2 Å². The molecule has 6 heteroatoms. The highest BCUT2D eigenvalue weighted by molar-refractivity contribution is 5.89. The van der Waals surface area contributed by atoms with Gasteiger partial charge in [0.15, 0.2) is 0 Å². The van der Waals surface area contributed by atoms with Crippen LogP contribution in [-0.4, -0.2) is 29.0 Å². The van der Waals surface area contributed by atoms with Gasteiger partial charge in [0, 0.05) is 29.9 Å². The van der Waals surface area contributed by atoms with E-state index in [0.717, 1.165) is 29.8 Å². The van der Waals surface area contributed by atoms with Gasteiger partial charge in [-0.15, -0.1) is 0 Å². The standard InChI is InChI=1S/C17H22N4O2/c1-12-3-4-15(9-13(12)2)20-17(22)18-6-7-21-16-5-8-23-11-14(16)10-19-21/h3-4,9-10H,5-8,11H2,1-2H3,(H2,18,20,22). The second kappa shape index (κ2) is 6.83. The minimum absolute atomic E-state index is 0.197. The summed E-state index contributed by atoms with van der Waals surface area (Å²) in [7, 11) is 0. The third kappa shape index (κ3) is 3.71. The Kier molecular flexibility index (Phi) is 4.62. The highest BCUT2D eigenvalue weighted by atomic mass is 16.5. The van der Waals surface area contributed by atoms with Crippen LogP contribution in [0.5, 0.6) is 0 Å². The maximum atomic E-state index is 12.0. The Morgan fingerprint density at radius 3 is 3.04 bits per heavy atom. The number of aromatic nitrogens is 2. The van der Waals surface area contributed by atoms with E-state index in [2.05, 4.69) is 22.7 Å². The normalized spacial score (nSPS) is 13.5. The second-order valence-electron chi connectivity index (χ2n) is 5.82. The molecule has 0 atom stereocenters. The van der Waals surface area contributed by atoms with Crippen molar-refractivity contribution in [1.82, 2.24) is 15.1 Å². The first-order valence-corrected chi connectivity index (χ1v) is 7.87. The van der Waals surface area contributed by atoms with Gasteiger partial charge >= 0.3 is 6.03 Å². The zero-order chi connectivity index (χ0) is 16.2. The van der Waals surface area contributed by atoms with Crippen LogP contribution in [-0.2, 0) is 24.3 Å². The number of nitrogens with one attached hydrogen (secondary N) is 2. The fourth-order valence-corrected chi connectivity index (χ4v) is 2.67. The van der Waals surface area contributed by atoms with Crippen molar-refractivity contribution in [1.29, 1.82) is 0 Å². The summed E-state index contributed by atoms with van der Waals surface area (Å²) in [6.45, 7) is 6.65. The van der Waals surface area contributed by atoms with E-state index in [1.54, 1.807) is 0 Å². The minimum atomic E-state index is -0.197. The van der Waals surface area contributed by atoms with Gasteiger partial charge in [0.2, 0.25) is 0 Å². The molecule has 1 aromatic carbocycles. The van der Waals surface area contributed by atoms with Crippen LogP contribution in [0.1, 0.15) is 22.4 Å². The number of ether oxygens (including phenoxy) is 1. The maximum absolute atomic E-state index is 12.0.